The molecule has 0 spiro atoms. The zero-order valence-electron chi connectivity index (χ0n) is 14.6. The van der Waals surface area contributed by atoms with Gasteiger partial charge in [0, 0.05) is 35.3 Å². The number of nitrogens with zero attached hydrogens (tertiary/aromatic N) is 3. The molecule has 0 aliphatic rings. The van der Waals surface area contributed by atoms with Crippen LogP contribution in [0.1, 0.15) is 22.8 Å². The minimum atomic E-state index is -0.129. The minimum Gasteiger partial charge on any atom is -0.324 e. The number of benzene rings is 2. The zero-order valence-corrected chi connectivity index (χ0v) is 15.4. The van der Waals surface area contributed by atoms with E-state index in [1.807, 2.05) is 50.2 Å². The highest BCUT2D eigenvalue weighted by atomic mass is 35.5. The molecule has 1 N–H and O–H groups in total. The topological polar surface area (TPSA) is 58.1 Å². The Kier molecular flexibility index (Phi) is 5.49. The molecule has 1 amide bonds. The van der Waals surface area contributed by atoms with E-state index in [2.05, 4.69) is 15.3 Å². The quantitative estimate of drug-likeness (QED) is 0.701. The number of carbonyl (C=O) groups excluding carboxylic acids is 1. The molecule has 0 unspecified atom stereocenters. The van der Waals surface area contributed by atoms with E-state index < -0.39 is 0 Å². The van der Waals surface area contributed by atoms with Crippen LogP contribution in [0.15, 0.2) is 60.9 Å². The summed E-state index contributed by atoms with van der Waals surface area (Å²) in [6, 6.07) is 15.1. The molecule has 132 valence electrons. The second kappa shape index (κ2) is 7.97. The van der Waals surface area contributed by atoms with Gasteiger partial charge in [-0.1, -0.05) is 23.7 Å². The average molecular weight is 367 g/mol. The first kappa shape index (κ1) is 17.9. The normalized spacial score (nSPS) is 10.4. The van der Waals surface area contributed by atoms with Crippen molar-refractivity contribution in [3.8, 4) is 0 Å². The van der Waals surface area contributed by atoms with Crippen molar-refractivity contribution in [1.82, 2.24) is 9.97 Å². The molecular weight excluding hydrogens is 348 g/mol. The van der Waals surface area contributed by atoms with Gasteiger partial charge in [-0.25, -0.2) is 9.97 Å². The lowest BCUT2D eigenvalue weighted by Gasteiger charge is -2.21. The van der Waals surface area contributed by atoms with E-state index >= 15 is 0 Å². The summed E-state index contributed by atoms with van der Waals surface area (Å²) in [5.74, 6) is 0.290. The summed E-state index contributed by atoms with van der Waals surface area (Å²) in [7, 11) is 0. The molecule has 1 aromatic heterocycles. The molecule has 5 nitrogen and oxygen atoms in total. The molecule has 0 aliphatic carbocycles. The summed E-state index contributed by atoms with van der Waals surface area (Å²) in [5.41, 5.74) is 3.23. The van der Waals surface area contributed by atoms with E-state index in [9.17, 15) is 4.79 Å². The number of carbonyl (C=O) groups is 1. The maximum absolute atomic E-state index is 12.8. The van der Waals surface area contributed by atoms with E-state index in [-0.39, 0.29) is 5.91 Å². The number of rotatable bonds is 5. The minimum absolute atomic E-state index is 0.129. The lowest BCUT2D eigenvalue weighted by molar-refractivity contribution is 0.0987. The summed E-state index contributed by atoms with van der Waals surface area (Å²) in [6.07, 6.45) is 3.07. The molecule has 6 heteroatoms. The molecule has 2 aromatic carbocycles. The van der Waals surface area contributed by atoms with Crippen LogP contribution in [0, 0.1) is 6.92 Å². The number of hydrogen-bond acceptors (Lipinski definition) is 4. The second-order valence-corrected chi connectivity index (χ2v) is 6.25. The van der Waals surface area contributed by atoms with Gasteiger partial charge in [0.1, 0.15) is 0 Å². The number of aromatic nitrogens is 2. The van der Waals surface area contributed by atoms with Gasteiger partial charge in [-0.15, -0.1) is 0 Å². The SMILES string of the molecule is CCN(C(=O)c1cnc(Nc2ccc(Cl)cc2)nc1)c1cccc(C)c1. The Hall–Kier alpha value is -2.92. The van der Waals surface area contributed by atoms with Crippen molar-refractivity contribution in [3.05, 3.63) is 77.1 Å². The lowest BCUT2D eigenvalue weighted by Crippen LogP contribution is -2.30. The third-order valence-corrected chi connectivity index (χ3v) is 4.13. The maximum Gasteiger partial charge on any atom is 0.261 e. The Bertz CT molecular complexity index is 894. The van der Waals surface area contributed by atoms with E-state index in [0.29, 0.717) is 23.1 Å². The number of amides is 1. The molecule has 0 radical (unpaired) electrons. The number of nitrogens with one attached hydrogen (secondary N) is 1. The molecule has 0 saturated carbocycles. The van der Waals surface area contributed by atoms with Crippen LogP contribution >= 0.6 is 11.6 Å². The van der Waals surface area contributed by atoms with Gasteiger partial charge in [-0.2, -0.15) is 0 Å². The van der Waals surface area contributed by atoms with Crippen molar-refractivity contribution >= 4 is 34.8 Å². The summed E-state index contributed by atoms with van der Waals surface area (Å²) in [4.78, 5) is 23.0. The zero-order chi connectivity index (χ0) is 18.5. The van der Waals surface area contributed by atoms with E-state index in [1.54, 1.807) is 17.0 Å². The van der Waals surface area contributed by atoms with Crippen molar-refractivity contribution in [3.63, 3.8) is 0 Å². The molecule has 0 bridgehead atoms. The van der Waals surface area contributed by atoms with Gasteiger partial charge < -0.3 is 10.2 Å². The summed E-state index contributed by atoms with van der Waals surface area (Å²) in [5, 5.41) is 3.73. The van der Waals surface area contributed by atoms with Crippen molar-refractivity contribution in [2.45, 2.75) is 13.8 Å². The van der Waals surface area contributed by atoms with Crippen LogP contribution in [0.5, 0.6) is 0 Å². The molecule has 1 heterocycles. The smallest absolute Gasteiger partial charge is 0.261 e. The number of aryl methyl sites for hydroxylation is 1. The van der Waals surface area contributed by atoms with Gasteiger partial charge in [0.2, 0.25) is 5.95 Å². The Morgan fingerprint density at radius 3 is 2.42 bits per heavy atom. The van der Waals surface area contributed by atoms with Crippen LogP contribution in [0.4, 0.5) is 17.3 Å². The Morgan fingerprint density at radius 1 is 1.12 bits per heavy atom. The van der Waals surface area contributed by atoms with Crippen LogP contribution in [-0.2, 0) is 0 Å². The van der Waals surface area contributed by atoms with Crippen molar-refractivity contribution in [1.29, 1.82) is 0 Å². The number of halogens is 1. The monoisotopic (exact) mass is 366 g/mol. The highest BCUT2D eigenvalue weighted by Gasteiger charge is 2.17. The highest BCUT2D eigenvalue weighted by molar-refractivity contribution is 6.30. The fourth-order valence-corrected chi connectivity index (χ4v) is 2.69. The molecule has 3 rings (SSSR count). The fraction of sp³-hybridized carbons (Fsp3) is 0.150. The largest absolute Gasteiger partial charge is 0.324 e. The van der Waals surface area contributed by atoms with Crippen LogP contribution in [0.2, 0.25) is 5.02 Å². The lowest BCUT2D eigenvalue weighted by atomic mass is 10.2. The molecule has 3 aromatic rings. The third kappa shape index (κ3) is 4.18. The molecule has 26 heavy (non-hydrogen) atoms. The first-order valence-corrected chi connectivity index (χ1v) is 8.68. The van der Waals surface area contributed by atoms with Gasteiger partial charge in [-0.3, -0.25) is 4.79 Å². The average Bonchev–Trinajstić information content (AvgIpc) is 2.65. The summed E-state index contributed by atoms with van der Waals surface area (Å²) < 4.78 is 0. The molecule has 0 fully saturated rings. The van der Waals surface area contributed by atoms with Crippen molar-refractivity contribution < 1.29 is 4.79 Å². The predicted molar refractivity (Wildman–Crippen MR) is 105 cm³/mol. The van der Waals surface area contributed by atoms with E-state index in [4.69, 9.17) is 11.6 Å². The van der Waals surface area contributed by atoms with Gasteiger partial charge in [0.25, 0.3) is 5.91 Å². The first-order chi connectivity index (χ1) is 12.6. The second-order valence-electron chi connectivity index (χ2n) is 5.82. The van der Waals surface area contributed by atoms with Crippen LogP contribution < -0.4 is 10.2 Å². The van der Waals surface area contributed by atoms with E-state index in [1.165, 1.54) is 12.4 Å². The van der Waals surface area contributed by atoms with Gasteiger partial charge in [0.05, 0.1) is 5.56 Å². The Labute approximate surface area is 157 Å². The fourth-order valence-electron chi connectivity index (χ4n) is 2.56. The molecule has 0 aliphatic heterocycles. The number of anilines is 3. The predicted octanol–water partition coefficient (Wildman–Crippen LogP) is 4.85. The maximum atomic E-state index is 12.8. The Balaban J connectivity index is 1.76. The van der Waals surface area contributed by atoms with Gasteiger partial charge in [-0.05, 0) is 55.8 Å². The summed E-state index contributed by atoms with van der Waals surface area (Å²) >= 11 is 5.87. The van der Waals surface area contributed by atoms with Crippen LogP contribution in [0.25, 0.3) is 0 Å². The Morgan fingerprint density at radius 2 is 1.81 bits per heavy atom. The highest BCUT2D eigenvalue weighted by Crippen LogP contribution is 2.19. The van der Waals surface area contributed by atoms with Crippen molar-refractivity contribution in [2.75, 3.05) is 16.8 Å². The molecular formula is C20H19ClN4O. The third-order valence-electron chi connectivity index (χ3n) is 3.87. The first-order valence-electron chi connectivity index (χ1n) is 8.30. The van der Waals surface area contributed by atoms with Gasteiger partial charge in [0.15, 0.2) is 0 Å². The van der Waals surface area contributed by atoms with Crippen molar-refractivity contribution in [2.24, 2.45) is 0 Å². The van der Waals surface area contributed by atoms with Crippen LogP contribution in [-0.4, -0.2) is 22.4 Å². The number of hydrogen-bond donors (Lipinski definition) is 1. The molecule has 0 saturated heterocycles. The summed E-state index contributed by atoms with van der Waals surface area (Å²) in [6.45, 7) is 4.51. The van der Waals surface area contributed by atoms with E-state index in [0.717, 1.165) is 16.9 Å². The van der Waals surface area contributed by atoms with Gasteiger partial charge >= 0.3 is 0 Å². The molecule has 0 atom stereocenters. The standard InChI is InChI=1S/C20H19ClN4O/c1-3-25(18-6-4-5-14(2)11-18)19(26)15-12-22-20(23-13-15)24-17-9-7-16(21)8-10-17/h4-13H,3H2,1-2H3,(H,22,23,24). The van der Waals surface area contributed by atoms with Crippen LogP contribution in [0.3, 0.4) is 0 Å².